The molecule has 2 heterocycles. The van der Waals surface area contributed by atoms with Gasteiger partial charge in [-0.15, -0.1) is 0 Å². The predicted octanol–water partition coefficient (Wildman–Crippen LogP) is 5.71. The second-order valence-electron chi connectivity index (χ2n) is 17.2. The maximum absolute atomic E-state index is 13.1. The zero-order valence-corrected chi connectivity index (χ0v) is 38.6. The summed E-state index contributed by atoms with van der Waals surface area (Å²) in [6.45, 7) is 2.69. The van der Waals surface area contributed by atoms with Crippen molar-refractivity contribution in [1.29, 1.82) is 0 Å². The molecule has 0 bridgehead atoms. The van der Waals surface area contributed by atoms with E-state index < -0.39 is 86.8 Å². The molecule has 366 valence electrons. The Bertz CT molecular complexity index is 1250. The summed E-state index contributed by atoms with van der Waals surface area (Å²) in [5.74, 6) is -0.267. The Morgan fingerprint density at radius 2 is 1.08 bits per heavy atom. The SMILES string of the molecule is CCCC/C=C\C/C=C\CCCCCCCC(=O)NC(COC1OC(CO)C(OC2OC(CO)C(O)C(O)C2O)C(O)C1O)C(O)/C=C/CC/C=C/CCCCCCCCCCC. The maximum atomic E-state index is 13.1. The standard InChI is InChI=1S/C49H87NO13/c1-3-5-7-9-11-13-15-17-19-20-22-24-26-28-30-32-38(53)37(50-41(54)33-31-29-27-25-23-21-18-16-14-12-10-8-6-4-2)36-60-48-46(59)44(57)47(40(35-52)62-48)63-49-45(58)43(56)42(55)39(34-51)61-49/h10,12,16,18,22,24,30,32,37-40,42-49,51-53,55-59H,3-9,11,13-15,17,19-21,23,25-29,31,33-36H2,1-2H3,(H,50,54)/b12-10-,18-16-,24-22+,32-30+. The first kappa shape index (κ1) is 57.1. The van der Waals surface area contributed by atoms with Gasteiger partial charge in [0.05, 0.1) is 32.0 Å². The van der Waals surface area contributed by atoms with E-state index in [1.807, 2.05) is 6.08 Å². The van der Waals surface area contributed by atoms with Gasteiger partial charge in [0, 0.05) is 6.42 Å². The zero-order valence-electron chi connectivity index (χ0n) is 38.6. The van der Waals surface area contributed by atoms with Crippen LogP contribution in [0.25, 0.3) is 0 Å². The molecule has 0 radical (unpaired) electrons. The minimum absolute atomic E-state index is 0.256. The monoisotopic (exact) mass is 898 g/mol. The van der Waals surface area contributed by atoms with Gasteiger partial charge in [-0.25, -0.2) is 0 Å². The van der Waals surface area contributed by atoms with Crippen LogP contribution in [0, 0.1) is 0 Å². The molecule has 2 saturated heterocycles. The predicted molar refractivity (Wildman–Crippen MR) is 244 cm³/mol. The summed E-state index contributed by atoms with van der Waals surface area (Å²) < 4.78 is 22.6. The number of nitrogens with one attached hydrogen (secondary N) is 1. The third kappa shape index (κ3) is 23.8. The van der Waals surface area contributed by atoms with Crippen LogP contribution in [0.1, 0.15) is 162 Å². The number of aliphatic hydroxyl groups is 8. The molecular formula is C49H87NO13. The summed E-state index contributed by atoms with van der Waals surface area (Å²) in [7, 11) is 0. The van der Waals surface area contributed by atoms with E-state index in [0.29, 0.717) is 12.8 Å². The molecule has 0 spiro atoms. The molecule has 12 unspecified atom stereocenters. The quantitative estimate of drug-likeness (QED) is 0.0272. The summed E-state index contributed by atoms with van der Waals surface area (Å²) in [6.07, 6.45) is 24.4. The molecule has 2 aliphatic rings. The molecule has 1 amide bonds. The minimum Gasteiger partial charge on any atom is -0.394 e. The van der Waals surface area contributed by atoms with Gasteiger partial charge in [-0.2, -0.15) is 0 Å². The van der Waals surface area contributed by atoms with E-state index in [1.54, 1.807) is 6.08 Å². The average Bonchev–Trinajstić information content (AvgIpc) is 3.28. The van der Waals surface area contributed by atoms with Gasteiger partial charge in [-0.3, -0.25) is 4.79 Å². The summed E-state index contributed by atoms with van der Waals surface area (Å²) in [5, 5.41) is 86.6. The number of carbonyl (C=O) groups excluding carboxylic acids is 1. The maximum Gasteiger partial charge on any atom is 0.220 e. The number of amides is 1. The van der Waals surface area contributed by atoms with Crippen LogP contribution in [0.3, 0.4) is 0 Å². The first-order chi connectivity index (χ1) is 30.6. The highest BCUT2D eigenvalue weighted by molar-refractivity contribution is 5.76. The Kier molecular flexibility index (Phi) is 32.7. The minimum atomic E-state index is -1.79. The van der Waals surface area contributed by atoms with Crippen LogP contribution in [0.5, 0.6) is 0 Å². The van der Waals surface area contributed by atoms with Crippen molar-refractivity contribution < 1.29 is 64.6 Å². The third-order valence-electron chi connectivity index (χ3n) is 11.7. The highest BCUT2D eigenvalue weighted by Crippen LogP contribution is 2.30. The van der Waals surface area contributed by atoms with Crippen molar-refractivity contribution in [2.75, 3.05) is 19.8 Å². The molecular weight excluding hydrogens is 811 g/mol. The lowest BCUT2D eigenvalue weighted by molar-refractivity contribution is -0.359. The number of rotatable bonds is 36. The largest absolute Gasteiger partial charge is 0.394 e. The van der Waals surface area contributed by atoms with Crippen molar-refractivity contribution in [2.45, 2.75) is 235 Å². The summed E-state index contributed by atoms with van der Waals surface area (Å²) in [5.41, 5.74) is 0. The van der Waals surface area contributed by atoms with Crippen molar-refractivity contribution in [2.24, 2.45) is 0 Å². The number of unbranched alkanes of at least 4 members (excludes halogenated alkanes) is 17. The topological polar surface area (TPSA) is 228 Å². The van der Waals surface area contributed by atoms with Gasteiger partial charge < -0.3 is 65.1 Å². The summed E-state index contributed by atoms with van der Waals surface area (Å²) in [4.78, 5) is 13.1. The highest BCUT2D eigenvalue weighted by atomic mass is 16.7. The number of allylic oxidation sites excluding steroid dienone is 7. The van der Waals surface area contributed by atoms with Crippen molar-refractivity contribution in [1.82, 2.24) is 5.32 Å². The first-order valence-corrected chi connectivity index (χ1v) is 24.4. The third-order valence-corrected chi connectivity index (χ3v) is 11.7. The van der Waals surface area contributed by atoms with E-state index in [9.17, 15) is 45.6 Å². The normalized spacial score (nSPS) is 27.9. The molecule has 0 aliphatic carbocycles. The molecule has 2 aliphatic heterocycles. The summed E-state index contributed by atoms with van der Waals surface area (Å²) in [6, 6.07) is -0.937. The van der Waals surface area contributed by atoms with Crippen molar-refractivity contribution in [3.8, 4) is 0 Å². The number of carbonyl (C=O) groups is 1. The van der Waals surface area contributed by atoms with Gasteiger partial charge in [-0.05, 0) is 57.8 Å². The van der Waals surface area contributed by atoms with Crippen molar-refractivity contribution in [3.63, 3.8) is 0 Å². The smallest absolute Gasteiger partial charge is 0.220 e. The highest BCUT2D eigenvalue weighted by Gasteiger charge is 2.51. The second kappa shape index (κ2) is 36.1. The van der Waals surface area contributed by atoms with Crippen molar-refractivity contribution >= 4 is 5.91 Å². The van der Waals surface area contributed by atoms with E-state index in [-0.39, 0.29) is 18.9 Å². The Balaban J connectivity index is 1.90. The van der Waals surface area contributed by atoms with E-state index in [4.69, 9.17) is 18.9 Å². The van der Waals surface area contributed by atoms with E-state index in [2.05, 4.69) is 55.6 Å². The van der Waals surface area contributed by atoms with Crippen LogP contribution in [-0.2, 0) is 23.7 Å². The molecule has 14 nitrogen and oxygen atoms in total. The fourth-order valence-electron chi connectivity index (χ4n) is 7.67. The molecule has 0 aromatic rings. The molecule has 0 saturated carbocycles. The lowest BCUT2D eigenvalue weighted by atomic mass is 9.97. The van der Waals surface area contributed by atoms with Crippen LogP contribution in [-0.4, -0.2) is 140 Å². The van der Waals surface area contributed by atoms with Crippen LogP contribution in [0.15, 0.2) is 48.6 Å². The molecule has 9 N–H and O–H groups in total. The summed E-state index contributed by atoms with van der Waals surface area (Å²) >= 11 is 0. The van der Waals surface area contributed by atoms with E-state index in [1.165, 1.54) is 70.6 Å². The van der Waals surface area contributed by atoms with Gasteiger partial charge in [0.2, 0.25) is 5.91 Å². The lowest BCUT2D eigenvalue weighted by Gasteiger charge is -2.46. The average molecular weight is 898 g/mol. The van der Waals surface area contributed by atoms with E-state index >= 15 is 0 Å². The number of hydrogen-bond acceptors (Lipinski definition) is 13. The number of ether oxygens (including phenoxy) is 4. The van der Waals surface area contributed by atoms with Gasteiger partial charge in [0.1, 0.15) is 48.8 Å². The fourth-order valence-corrected chi connectivity index (χ4v) is 7.67. The van der Waals surface area contributed by atoms with Gasteiger partial charge in [-0.1, -0.05) is 146 Å². The van der Waals surface area contributed by atoms with Gasteiger partial charge in [0.25, 0.3) is 0 Å². The van der Waals surface area contributed by atoms with Crippen LogP contribution in [0.4, 0.5) is 0 Å². The lowest BCUT2D eigenvalue weighted by Crippen LogP contribution is -2.65. The Morgan fingerprint density at radius 3 is 1.70 bits per heavy atom. The molecule has 63 heavy (non-hydrogen) atoms. The molecule has 2 rings (SSSR count). The molecule has 2 fully saturated rings. The molecule has 14 heteroatoms. The van der Waals surface area contributed by atoms with Crippen LogP contribution in [0.2, 0.25) is 0 Å². The zero-order chi connectivity index (χ0) is 46.1. The Hall–Kier alpha value is -2.05. The van der Waals surface area contributed by atoms with E-state index in [0.717, 1.165) is 57.8 Å². The van der Waals surface area contributed by atoms with Gasteiger partial charge >= 0.3 is 0 Å². The molecule has 12 atom stereocenters. The molecule has 0 aromatic carbocycles. The number of hydrogen-bond donors (Lipinski definition) is 9. The Morgan fingerprint density at radius 1 is 0.571 bits per heavy atom. The van der Waals surface area contributed by atoms with Crippen molar-refractivity contribution in [3.05, 3.63) is 48.6 Å². The number of aliphatic hydroxyl groups excluding tert-OH is 8. The van der Waals surface area contributed by atoms with Crippen LogP contribution < -0.4 is 5.32 Å². The van der Waals surface area contributed by atoms with Gasteiger partial charge in [0.15, 0.2) is 12.6 Å². The second-order valence-corrected chi connectivity index (χ2v) is 17.2. The van der Waals surface area contributed by atoms with Crippen LogP contribution >= 0.6 is 0 Å². The Labute approximate surface area is 378 Å². The molecule has 0 aromatic heterocycles. The fraction of sp³-hybridized carbons (Fsp3) is 0.816. The first-order valence-electron chi connectivity index (χ1n) is 24.4.